The van der Waals surface area contributed by atoms with Gasteiger partial charge in [-0.15, -0.1) is 0 Å². The van der Waals surface area contributed by atoms with Gasteiger partial charge in [0.1, 0.15) is 11.5 Å². The van der Waals surface area contributed by atoms with E-state index in [9.17, 15) is 9.59 Å². The Kier molecular flexibility index (Phi) is 5.08. The van der Waals surface area contributed by atoms with Crippen LogP contribution in [0, 0.1) is 0 Å². The van der Waals surface area contributed by atoms with Crippen LogP contribution in [0.2, 0.25) is 0 Å². The zero-order chi connectivity index (χ0) is 21.4. The van der Waals surface area contributed by atoms with Crippen molar-refractivity contribution in [3.8, 4) is 11.5 Å². The molecule has 1 unspecified atom stereocenters. The first-order valence-electron chi connectivity index (χ1n) is 9.76. The molecule has 0 saturated carbocycles. The Morgan fingerprint density at radius 2 is 1.80 bits per heavy atom. The average molecular weight is 405 g/mol. The second kappa shape index (κ2) is 7.71. The van der Waals surface area contributed by atoms with E-state index in [1.54, 1.807) is 39.3 Å². The zero-order valence-electron chi connectivity index (χ0n) is 17.4. The van der Waals surface area contributed by atoms with E-state index >= 15 is 0 Å². The molecule has 0 spiro atoms. The molecule has 6 heteroatoms. The second-order valence-corrected chi connectivity index (χ2v) is 7.09. The van der Waals surface area contributed by atoms with Crippen molar-refractivity contribution in [1.29, 1.82) is 0 Å². The predicted molar refractivity (Wildman–Crippen MR) is 112 cm³/mol. The third-order valence-corrected chi connectivity index (χ3v) is 5.49. The highest BCUT2D eigenvalue weighted by atomic mass is 16.5. The molecule has 154 valence electrons. The lowest BCUT2D eigenvalue weighted by Gasteiger charge is -2.30. The number of methoxy groups -OCH3 is 2. The highest BCUT2D eigenvalue weighted by Crippen LogP contribution is 2.49. The van der Waals surface area contributed by atoms with Crippen LogP contribution in [0.25, 0.3) is 5.70 Å². The molecule has 2 aliphatic rings. The van der Waals surface area contributed by atoms with Crippen LogP contribution in [0.1, 0.15) is 41.3 Å². The monoisotopic (exact) mass is 405 g/mol. The number of Topliss-reactive ketones (excluding diaryl/α,β-unsaturated/α-hetero) is 1. The first-order valence-corrected chi connectivity index (χ1v) is 9.76. The van der Waals surface area contributed by atoms with Gasteiger partial charge >= 0.3 is 5.97 Å². The average Bonchev–Trinajstić information content (AvgIpc) is 3.04. The first kappa shape index (κ1) is 19.8. The molecule has 6 nitrogen and oxygen atoms in total. The summed E-state index contributed by atoms with van der Waals surface area (Å²) >= 11 is 0. The summed E-state index contributed by atoms with van der Waals surface area (Å²) in [4.78, 5) is 26.4. The van der Waals surface area contributed by atoms with Crippen molar-refractivity contribution >= 4 is 17.4 Å². The number of carbonyl (C=O) groups is 2. The highest BCUT2D eigenvalue weighted by molar-refractivity contribution is 6.23. The summed E-state index contributed by atoms with van der Waals surface area (Å²) < 4.78 is 16.4. The fourth-order valence-corrected chi connectivity index (χ4v) is 4.18. The third-order valence-electron chi connectivity index (χ3n) is 5.49. The summed E-state index contributed by atoms with van der Waals surface area (Å²) in [6.07, 6.45) is 0. The third kappa shape index (κ3) is 2.96. The minimum atomic E-state index is -0.648. The van der Waals surface area contributed by atoms with E-state index in [1.807, 2.05) is 31.2 Å². The van der Waals surface area contributed by atoms with Crippen LogP contribution in [-0.4, -0.2) is 32.6 Å². The topological polar surface area (TPSA) is 73.9 Å². The van der Waals surface area contributed by atoms with E-state index in [4.69, 9.17) is 14.2 Å². The number of ketones is 1. The van der Waals surface area contributed by atoms with Crippen molar-refractivity contribution in [3.63, 3.8) is 0 Å². The maximum Gasteiger partial charge on any atom is 0.336 e. The molecule has 0 bridgehead atoms. The van der Waals surface area contributed by atoms with Gasteiger partial charge in [0, 0.05) is 28.0 Å². The molecule has 0 fully saturated rings. The number of ether oxygens (including phenoxy) is 3. The molecule has 30 heavy (non-hydrogen) atoms. The molecule has 0 radical (unpaired) electrons. The molecule has 2 aromatic carbocycles. The van der Waals surface area contributed by atoms with E-state index in [2.05, 4.69) is 5.32 Å². The van der Waals surface area contributed by atoms with E-state index in [-0.39, 0.29) is 12.4 Å². The van der Waals surface area contributed by atoms with E-state index < -0.39 is 11.9 Å². The number of hydrogen-bond donors (Lipinski definition) is 1. The Morgan fingerprint density at radius 1 is 1.07 bits per heavy atom. The molecule has 1 aliphatic carbocycles. The van der Waals surface area contributed by atoms with Crippen molar-refractivity contribution in [2.24, 2.45) is 0 Å². The first-order chi connectivity index (χ1) is 14.5. The fraction of sp³-hybridized carbons (Fsp3) is 0.250. The number of fused-ring (bicyclic) bond motifs is 2. The standard InChI is InChI=1S/C24H23NO5/c1-5-30-24(27)19-13(2)25-22-15-8-6-7-9-16(15)23(26)21(22)20(19)17-12-14(28-3)10-11-18(17)29-4/h6-12,20,25H,5H2,1-4H3. The molecule has 1 N–H and O–H groups in total. The lowest BCUT2D eigenvalue weighted by Crippen LogP contribution is -2.29. The Bertz CT molecular complexity index is 1110. The Morgan fingerprint density at radius 3 is 2.47 bits per heavy atom. The van der Waals surface area contributed by atoms with Crippen molar-refractivity contribution in [1.82, 2.24) is 5.32 Å². The van der Waals surface area contributed by atoms with Gasteiger partial charge in [0.2, 0.25) is 0 Å². The quantitative estimate of drug-likeness (QED) is 0.762. The van der Waals surface area contributed by atoms with Crippen LogP contribution in [0.3, 0.4) is 0 Å². The maximum atomic E-state index is 13.5. The lowest BCUT2D eigenvalue weighted by molar-refractivity contribution is -0.138. The van der Waals surface area contributed by atoms with Crippen molar-refractivity contribution in [2.45, 2.75) is 19.8 Å². The maximum absolute atomic E-state index is 13.5. The predicted octanol–water partition coefficient (Wildman–Crippen LogP) is 3.84. The van der Waals surface area contributed by atoms with Gasteiger partial charge in [0.15, 0.2) is 5.78 Å². The molecule has 1 atom stereocenters. The van der Waals surface area contributed by atoms with Crippen LogP contribution in [0.4, 0.5) is 0 Å². The zero-order valence-corrected chi connectivity index (χ0v) is 17.4. The van der Waals surface area contributed by atoms with E-state index in [0.29, 0.717) is 39.5 Å². The SMILES string of the molecule is CCOC(=O)C1=C(C)NC2=C(C(=O)c3ccccc32)C1c1cc(OC)ccc1OC. The van der Waals surface area contributed by atoms with Gasteiger partial charge in [0.25, 0.3) is 0 Å². The number of esters is 1. The van der Waals surface area contributed by atoms with E-state index in [1.165, 1.54) is 0 Å². The van der Waals surface area contributed by atoms with Crippen LogP contribution >= 0.6 is 0 Å². The summed E-state index contributed by atoms with van der Waals surface area (Å²) in [6.45, 7) is 3.81. The van der Waals surface area contributed by atoms with Crippen LogP contribution in [0.5, 0.6) is 11.5 Å². The van der Waals surface area contributed by atoms with Crippen LogP contribution in [0.15, 0.2) is 59.3 Å². The highest BCUT2D eigenvalue weighted by Gasteiger charge is 2.44. The number of benzene rings is 2. The number of carbonyl (C=O) groups excluding carboxylic acids is 2. The van der Waals surface area contributed by atoms with Gasteiger partial charge < -0.3 is 19.5 Å². The molecule has 4 rings (SSSR count). The number of rotatable bonds is 5. The summed E-state index contributed by atoms with van der Waals surface area (Å²) in [7, 11) is 3.14. The number of nitrogens with one attached hydrogen (secondary N) is 1. The van der Waals surface area contributed by atoms with Crippen molar-refractivity contribution in [3.05, 3.63) is 76.0 Å². The van der Waals surface area contributed by atoms with Crippen LogP contribution < -0.4 is 14.8 Å². The van der Waals surface area contributed by atoms with Crippen LogP contribution in [-0.2, 0) is 9.53 Å². The Balaban J connectivity index is 1.99. The number of allylic oxidation sites excluding steroid dienone is 2. The minimum Gasteiger partial charge on any atom is -0.497 e. The normalized spacial score (nSPS) is 17.3. The van der Waals surface area contributed by atoms with Gasteiger partial charge in [0.05, 0.1) is 38.0 Å². The molecule has 1 aliphatic heterocycles. The molecule has 2 aromatic rings. The number of dihydropyridines is 1. The molecule has 0 amide bonds. The second-order valence-electron chi connectivity index (χ2n) is 7.09. The van der Waals surface area contributed by atoms with Gasteiger partial charge in [-0.1, -0.05) is 24.3 Å². The Labute approximate surface area is 175 Å². The summed E-state index contributed by atoms with van der Waals surface area (Å²) in [5, 5.41) is 3.29. The van der Waals surface area contributed by atoms with Gasteiger partial charge in [-0.2, -0.15) is 0 Å². The van der Waals surface area contributed by atoms with E-state index in [0.717, 1.165) is 11.3 Å². The number of hydrogen-bond acceptors (Lipinski definition) is 6. The fourth-order valence-electron chi connectivity index (χ4n) is 4.18. The Hall–Kier alpha value is -3.54. The van der Waals surface area contributed by atoms with Crippen molar-refractivity contribution < 1.29 is 23.8 Å². The molecule has 0 saturated heterocycles. The summed E-state index contributed by atoms with van der Waals surface area (Å²) in [6, 6.07) is 12.8. The molecular formula is C24H23NO5. The lowest BCUT2D eigenvalue weighted by atomic mass is 9.79. The van der Waals surface area contributed by atoms with Gasteiger partial charge in [-0.3, -0.25) is 4.79 Å². The molecule has 1 heterocycles. The van der Waals surface area contributed by atoms with Gasteiger partial charge in [-0.25, -0.2) is 4.79 Å². The molecular weight excluding hydrogens is 382 g/mol. The summed E-state index contributed by atoms with van der Waals surface area (Å²) in [5.41, 5.74) is 4.38. The summed E-state index contributed by atoms with van der Waals surface area (Å²) in [5.74, 6) is -0.0570. The largest absolute Gasteiger partial charge is 0.497 e. The minimum absolute atomic E-state index is 0.114. The van der Waals surface area contributed by atoms with Gasteiger partial charge in [-0.05, 0) is 32.0 Å². The molecule has 0 aromatic heterocycles. The smallest absolute Gasteiger partial charge is 0.336 e. The van der Waals surface area contributed by atoms with Crippen molar-refractivity contribution in [2.75, 3.05) is 20.8 Å².